The van der Waals surface area contributed by atoms with Crippen LogP contribution in [0.25, 0.3) is 10.9 Å². The van der Waals surface area contributed by atoms with Gasteiger partial charge in [-0.3, -0.25) is 19.7 Å². The third-order valence-corrected chi connectivity index (χ3v) is 10.6. The lowest BCUT2D eigenvalue weighted by Crippen LogP contribution is -2.47. The highest BCUT2D eigenvalue weighted by atomic mass is 19.1. The van der Waals surface area contributed by atoms with Gasteiger partial charge in [-0.1, -0.05) is 0 Å². The lowest BCUT2D eigenvalue weighted by molar-refractivity contribution is -0.133. The molecule has 1 aromatic heterocycles. The van der Waals surface area contributed by atoms with E-state index in [1.807, 2.05) is 55.3 Å². The van der Waals surface area contributed by atoms with Crippen LogP contribution in [0, 0.1) is 30.0 Å². The average Bonchev–Trinajstić information content (AvgIpc) is 3.15. The molecule has 0 radical (unpaired) electrons. The normalized spacial score (nSPS) is 17.8. The first-order valence-electron chi connectivity index (χ1n) is 18.1. The van der Waals surface area contributed by atoms with Crippen LogP contribution in [-0.4, -0.2) is 75.5 Å². The van der Waals surface area contributed by atoms with E-state index in [1.54, 1.807) is 23.7 Å². The topological polar surface area (TPSA) is 132 Å². The zero-order chi connectivity index (χ0) is 37.2. The summed E-state index contributed by atoms with van der Waals surface area (Å²) >= 11 is 0. The number of rotatable bonds is 10. The molecule has 4 aromatic rings. The Kier molecular flexibility index (Phi) is 10.2. The Morgan fingerprint density at radius 2 is 1.70 bits per heavy atom. The highest BCUT2D eigenvalue weighted by Gasteiger charge is 2.28. The molecule has 0 saturated carbocycles. The molecule has 0 bridgehead atoms. The van der Waals surface area contributed by atoms with Crippen LogP contribution < -0.4 is 35.6 Å². The van der Waals surface area contributed by atoms with Crippen molar-refractivity contribution in [3.8, 4) is 11.8 Å². The number of aromatic nitrogens is 1. The van der Waals surface area contributed by atoms with Gasteiger partial charge in [-0.15, -0.1) is 0 Å². The van der Waals surface area contributed by atoms with Crippen molar-refractivity contribution in [1.82, 2.24) is 9.88 Å². The minimum Gasteiger partial charge on any atom is -0.491 e. The second kappa shape index (κ2) is 15.2. The molecule has 13 heteroatoms. The van der Waals surface area contributed by atoms with Gasteiger partial charge in [0.05, 0.1) is 46.5 Å². The molecule has 276 valence electrons. The van der Waals surface area contributed by atoms with E-state index in [4.69, 9.17) is 9.47 Å². The number of nitriles is 1. The molecule has 0 spiro atoms. The molecule has 2 fully saturated rings. The number of fused-ring (bicyclic) bond motifs is 2. The molecule has 3 aliphatic rings. The number of aryl methyl sites for hydroxylation is 2. The summed E-state index contributed by atoms with van der Waals surface area (Å²) in [5.74, 6) is -0.0753. The summed E-state index contributed by atoms with van der Waals surface area (Å²) in [6.45, 7) is 5.99. The number of nitrogens with zero attached hydrogens (tertiary/aromatic N) is 5. The number of carbonyl (C=O) groups excluding carboxylic acids is 2. The monoisotopic (exact) mass is 721 g/mol. The Morgan fingerprint density at radius 3 is 2.45 bits per heavy atom. The van der Waals surface area contributed by atoms with Crippen LogP contribution in [-0.2, 0) is 21.4 Å². The van der Waals surface area contributed by atoms with E-state index in [0.29, 0.717) is 80.0 Å². The van der Waals surface area contributed by atoms with Crippen LogP contribution in [0.4, 0.5) is 32.8 Å². The molecular weight excluding hydrogens is 677 g/mol. The van der Waals surface area contributed by atoms with E-state index in [0.717, 1.165) is 47.4 Å². The summed E-state index contributed by atoms with van der Waals surface area (Å²) < 4.78 is 29.1. The molecule has 2 saturated heterocycles. The van der Waals surface area contributed by atoms with Gasteiger partial charge in [0.2, 0.25) is 11.8 Å². The number of piperidine rings is 2. The van der Waals surface area contributed by atoms with E-state index >= 15 is 4.39 Å². The van der Waals surface area contributed by atoms with Crippen molar-refractivity contribution in [2.24, 2.45) is 13.0 Å². The van der Waals surface area contributed by atoms with E-state index in [2.05, 4.69) is 26.5 Å². The molecule has 0 aliphatic carbocycles. The number of imide groups is 1. The molecule has 2 amide bonds. The Bertz CT molecular complexity index is 2160. The average molecular weight is 722 g/mol. The fraction of sp³-hybridized carbons (Fsp3) is 0.400. The fourth-order valence-electron chi connectivity index (χ4n) is 7.55. The van der Waals surface area contributed by atoms with E-state index in [-0.39, 0.29) is 23.7 Å². The van der Waals surface area contributed by atoms with Crippen molar-refractivity contribution >= 4 is 51.2 Å². The highest BCUT2D eigenvalue weighted by Crippen LogP contribution is 2.42. The van der Waals surface area contributed by atoms with E-state index in [1.165, 1.54) is 6.07 Å². The van der Waals surface area contributed by atoms with Gasteiger partial charge >= 0.3 is 0 Å². The number of nitrogens with one attached hydrogen (secondary N) is 2. The van der Waals surface area contributed by atoms with Gasteiger partial charge < -0.3 is 34.1 Å². The van der Waals surface area contributed by atoms with Gasteiger partial charge in [-0.2, -0.15) is 5.26 Å². The fourth-order valence-corrected chi connectivity index (χ4v) is 7.55. The number of anilines is 5. The maximum atomic E-state index is 15.2. The molecular formula is C40H44FN7O5. The van der Waals surface area contributed by atoms with Gasteiger partial charge in [0.1, 0.15) is 24.2 Å². The third-order valence-electron chi connectivity index (χ3n) is 10.6. The van der Waals surface area contributed by atoms with Crippen LogP contribution >= 0.6 is 0 Å². The molecule has 3 aliphatic heterocycles. The second-order valence-corrected chi connectivity index (χ2v) is 14.1. The maximum absolute atomic E-state index is 15.2. The highest BCUT2D eigenvalue weighted by molar-refractivity contribution is 6.01. The molecule has 1 atom stereocenters. The number of halogens is 1. The summed E-state index contributed by atoms with van der Waals surface area (Å²) in [6.07, 6.45) is 2.35. The van der Waals surface area contributed by atoms with E-state index < -0.39 is 11.9 Å². The number of ether oxygens (including phenoxy) is 2. The number of benzene rings is 3. The van der Waals surface area contributed by atoms with Gasteiger partial charge in [0.25, 0.3) is 5.56 Å². The number of hydrogen-bond acceptors (Lipinski definition) is 10. The summed E-state index contributed by atoms with van der Waals surface area (Å²) in [7, 11) is 3.82. The van der Waals surface area contributed by atoms with E-state index in [9.17, 15) is 19.6 Å². The zero-order valence-corrected chi connectivity index (χ0v) is 30.3. The number of pyridine rings is 1. The van der Waals surface area contributed by atoms with Crippen molar-refractivity contribution < 1.29 is 23.5 Å². The van der Waals surface area contributed by atoms with Crippen LogP contribution in [0.2, 0.25) is 0 Å². The first kappa shape index (κ1) is 35.8. The van der Waals surface area contributed by atoms with Crippen LogP contribution in [0.5, 0.6) is 5.75 Å². The maximum Gasteiger partial charge on any atom is 0.253 e. The molecule has 2 N–H and O–H groups in total. The summed E-state index contributed by atoms with van der Waals surface area (Å²) in [4.78, 5) is 42.9. The number of likely N-dealkylation sites (N-methyl/N-ethyl adjacent to an activating group) is 1. The van der Waals surface area contributed by atoms with Gasteiger partial charge in [-0.25, -0.2) is 4.39 Å². The molecule has 1 unspecified atom stereocenters. The Balaban J connectivity index is 0.954. The summed E-state index contributed by atoms with van der Waals surface area (Å²) in [5.41, 5.74) is 5.81. The van der Waals surface area contributed by atoms with Crippen LogP contribution in [0.15, 0.2) is 59.4 Å². The predicted octanol–water partition coefficient (Wildman–Crippen LogP) is 4.97. The lowest BCUT2D eigenvalue weighted by atomic mass is 9.97. The summed E-state index contributed by atoms with van der Waals surface area (Å²) in [5, 5.41) is 15.9. The van der Waals surface area contributed by atoms with Crippen molar-refractivity contribution in [2.45, 2.75) is 38.6 Å². The largest absolute Gasteiger partial charge is 0.491 e. The minimum absolute atomic E-state index is 0.0675. The van der Waals surface area contributed by atoms with Gasteiger partial charge in [0.15, 0.2) is 0 Å². The lowest BCUT2D eigenvalue weighted by Gasteiger charge is -2.38. The third kappa shape index (κ3) is 7.50. The standard InChI is InChI=1S/C40H44FN7O5/c1-25-18-30-35(46(3)40(25)51)21-29(22-36(30)48-15-14-45(2)34-7-4-27(23-42)19-37(34)48)53-17-16-52-24-26-10-12-47(13-11-26)33-8-5-28(20-31(33)41)43-32-6-9-38(49)44-39(32)50/h4-5,7-8,18-22,26,32,43H,6,9-17,24H2,1-3H3,(H,44,49,50). The van der Waals surface area contributed by atoms with Gasteiger partial charge in [0, 0.05) is 82.1 Å². The Morgan fingerprint density at radius 1 is 0.906 bits per heavy atom. The zero-order valence-electron chi connectivity index (χ0n) is 30.3. The first-order chi connectivity index (χ1) is 25.6. The van der Waals surface area contributed by atoms with Crippen LogP contribution in [0.1, 0.15) is 36.8 Å². The van der Waals surface area contributed by atoms with Crippen LogP contribution in [0.3, 0.4) is 0 Å². The first-order valence-corrected chi connectivity index (χ1v) is 18.1. The molecule has 4 heterocycles. The van der Waals surface area contributed by atoms with Gasteiger partial charge in [-0.05, 0) is 74.6 Å². The second-order valence-electron chi connectivity index (χ2n) is 14.1. The molecule has 53 heavy (non-hydrogen) atoms. The number of hydrogen-bond donors (Lipinski definition) is 2. The predicted molar refractivity (Wildman–Crippen MR) is 203 cm³/mol. The number of amides is 2. The Labute approximate surface area is 307 Å². The summed E-state index contributed by atoms with van der Waals surface area (Å²) in [6, 6.07) is 18.2. The minimum atomic E-state index is -0.566. The van der Waals surface area contributed by atoms with Crippen molar-refractivity contribution in [3.63, 3.8) is 0 Å². The van der Waals surface area contributed by atoms with Crippen molar-refractivity contribution in [1.29, 1.82) is 5.26 Å². The van der Waals surface area contributed by atoms with Crippen molar-refractivity contribution in [3.05, 3.63) is 81.9 Å². The van der Waals surface area contributed by atoms with Crippen molar-refractivity contribution in [2.75, 3.05) is 73.1 Å². The molecule has 3 aromatic carbocycles. The smallest absolute Gasteiger partial charge is 0.253 e. The Hall–Kier alpha value is -5.61. The quantitative estimate of drug-likeness (QED) is 0.171. The molecule has 7 rings (SSSR count). The SMILES string of the molecule is Cc1cc2c(N3CCN(C)c4ccc(C#N)cc43)cc(OCCOCC3CCN(c4ccc(NC5CCC(=O)NC5=O)cc4F)CC3)cc2n(C)c1=O. The molecule has 12 nitrogen and oxygen atoms in total. The number of carbonyl (C=O) groups is 2.